The zero-order chi connectivity index (χ0) is 12.5. The number of fused-ring (bicyclic) bond motifs is 1. The van der Waals surface area contributed by atoms with Crippen molar-refractivity contribution in [3.8, 4) is 0 Å². The lowest BCUT2D eigenvalue weighted by atomic mass is 9.94. The number of aromatic nitrogens is 1. The average Bonchev–Trinajstić information content (AvgIpc) is 2.80. The predicted molar refractivity (Wildman–Crippen MR) is 69.8 cm³/mol. The minimum absolute atomic E-state index is 0.439. The van der Waals surface area contributed by atoms with Crippen LogP contribution in [0.15, 0.2) is 22.6 Å². The first kappa shape index (κ1) is 12.1. The van der Waals surface area contributed by atoms with Crippen molar-refractivity contribution in [2.45, 2.75) is 45.6 Å². The van der Waals surface area contributed by atoms with E-state index < -0.39 is 5.54 Å². The molecule has 0 aliphatic heterocycles. The Hall–Kier alpha value is -1.35. The van der Waals surface area contributed by atoms with Gasteiger partial charge in [-0.2, -0.15) is 0 Å². The molecule has 0 saturated carbocycles. The molecule has 0 aliphatic carbocycles. The second kappa shape index (κ2) is 4.49. The Bertz CT molecular complexity index is 512. The van der Waals surface area contributed by atoms with Gasteiger partial charge in [0.1, 0.15) is 5.52 Å². The molecule has 0 amide bonds. The van der Waals surface area contributed by atoms with Gasteiger partial charge in [0, 0.05) is 0 Å². The van der Waals surface area contributed by atoms with Crippen LogP contribution >= 0.6 is 0 Å². The topological polar surface area (TPSA) is 52.0 Å². The lowest BCUT2D eigenvalue weighted by Gasteiger charge is -2.21. The third-order valence-corrected chi connectivity index (χ3v) is 3.55. The third-order valence-electron chi connectivity index (χ3n) is 3.55. The molecule has 0 unspecified atom stereocenters. The van der Waals surface area contributed by atoms with E-state index in [4.69, 9.17) is 10.2 Å². The number of oxazole rings is 1. The summed E-state index contributed by atoms with van der Waals surface area (Å²) >= 11 is 0. The molecule has 0 spiro atoms. The summed E-state index contributed by atoms with van der Waals surface area (Å²) in [6.45, 7) is 6.26. The van der Waals surface area contributed by atoms with Crippen molar-refractivity contribution in [3.63, 3.8) is 0 Å². The molecular weight excluding hydrogens is 212 g/mol. The molecule has 1 aromatic heterocycles. The fourth-order valence-corrected chi connectivity index (χ4v) is 1.96. The Kier molecular flexibility index (Phi) is 3.20. The van der Waals surface area contributed by atoms with Crippen LogP contribution in [-0.2, 0) is 12.0 Å². The van der Waals surface area contributed by atoms with E-state index in [-0.39, 0.29) is 0 Å². The molecule has 1 aromatic carbocycles. The first-order valence-electron chi connectivity index (χ1n) is 6.31. The summed E-state index contributed by atoms with van der Waals surface area (Å²) in [5.41, 5.74) is 8.87. The van der Waals surface area contributed by atoms with Crippen LogP contribution in [0.1, 0.15) is 45.1 Å². The Morgan fingerprint density at radius 1 is 1.24 bits per heavy atom. The normalized spacial score (nSPS) is 12.2. The highest BCUT2D eigenvalue weighted by molar-refractivity contribution is 5.73. The van der Waals surface area contributed by atoms with Crippen molar-refractivity contribution in [1.82, 2.24) is 4.98 Å². The van der Waals surface area contributed by atoms with E-state index in [1.54, 1.807) is 0 Å². The van der Waals surface area contributed by atoms with Gasteiger partial charge in [-0.3, -0.25) is 0 Å². The number of benzene rings is 1. The summed E-state index contributed by atoms with van der Waals surface area (Å²) in [5.74, 6) is 0.658. The summed E-state index contributed by atoms with van der Waals surface area (Å²) in [5, 5.41) is 0. The van der Waals surface area contributed by atoms with Gasteiger partial charge in [0.2, 0.25) is 5.89 Å². The minimum Gasteiger partial charge on any atom is -0.439 e. The number of nitrogens with zero attached hydrogens (tertiary/aromatic N) is 1. The van der Waals surface area contributed by atoms with E-state index >= 15 is 0 Å². The molecule has 0 saturated heterocycles. The predicted octanol–water partition coefficient (Wildman–Crippen LogP) is 3.36. The molecule has 17 heavy (non-hydrogen) atoms. The van der Waals surface area contributed by atoms with E-state index in [0.717, 1.165) is 30.4 Å². The molecule has 92 valence electrons. The number of aryl methyl sites for hydroxylation is 1. The Labute approximate surface area is 102 Å². The second-order valence-electron chi connectivity index (χ2n) is 4.54. The van der Waals surface area contributed by atoms with Crippen LogP contribution in [0.2, 0.25) is 0 Å². The van der Waals surface area contributed by atoms with E-state index in [0.29, 0.717) is 5.89 Å². The lowest BCUT2D eigenvalue weighted by Crippen LogP contribution is -2.35. The van der Waals surface area contributed by atoms with Crippen molar-refractivity contribution in [1.29, 1.82) is 0 Å². The van der Waals surface area contributed by atoms with Crippen LogP contribution < -0.4 is 5.73 Å². The Morgan fingerprint density at radius 2 is 1.94 bits per heavy atom. The summed E-state index contributed by atoms with van der Waals surface area (Å²) in [4.78, 5) is 4.54. The molecular formula is C14H20N2O. The van der Waals surface area contributed by atoms with Gasteiger partial charge in [-0.15, -0.1) is 0 Å². The maximum atomic E-state index is 6.30. The van der Waals surface area contributed by atoms with Gasteiger partial charge in [-0.05, 0) is 37.0 Å². The summed E-state index contributed by atoms with van der Waals surface area (Å²) < 4.78 is 5.78. The fourth-order valence-electron chi connectivity index (χ4n) is 1.96. The van der Waals surface area contributed by atoms with Crippen molar-refractivity contribution in [2.75, 3.05) is 0 Å². The molecule has 3 heteroatoms. The van der Waals surface area contributed by atoms with E-state index in [9.17, 15) is 0 Å². The highest BCUT2D eigenvalue weighted by atomic mass is 16.4. The fraction of sp³-hybridized carbons (Fsp3) is 0.500. The zero-order valence-electron chi connectivity index (χ0n) is 10.8. The van der Waals surface area contributed by atoms with Gasteiger partial charge >= 0.3 is 0 Å². The summed E-state index contributed by atoms with van der Waals surface area (Å²) in [6, 6.07) is 6.14. The first-order valence-corrected chi connectivity index (χ1v) is 6.31. The van der Waals surface area contributed by atoms with Crippen molar-refractivity contribution >= 4 is 11.1 Å². The highest BCUT2D eigenvalue weighted by Gasteiger charge is 2.28. The molecule has 0 radical (unpaired) electrons. The number of hydrogen-bond donors (Lipinski definition) is 1. The van der Waals surface area contributed by atoms with Crippen LogP contribution in [0.4, 0.5) is 0 Å². The maximum Gasteiger partial charge on any atom is 0.215 e. The van der Waals surface area contributed by atoms with E-state index in [2.05, 4.69) is 37.9 Å². The number of nitrogens with two attached hydrogens (primary N) is 1. The molecule has 2 rings (SSSR count). The molecule has 2 N–H and O–H groups in total. The van der Waals surface area contributed by atoms with Gasteiger partial charge in [-0.25, -0.2) is 4.98 Å². The molecule has 0 atom stereocenters. The number of rotatable bonds is 4. The lowest BCUT2D eigenvalue weighted by molar-refractivity contribution is 0.318. The average molecular weight is 232 g/mol. The van der Waals surface area contributed by atoms with Crippen LogP contribution in [0.5, 0.6) is 0 Å². The molecule has 0 aliphatic rings. The van der Waals surface area contributed by atoms with Crippen molar-refractivity contribution < 1.29 is 4.42 Å². The Morgan fingerprint density at radius 3 is 2.53 bits per heavy atom. The van der Waals surface area contributed by atoms with Crippen LogP contribution in [0.3, 0.4) is 0 Å². The smallest absolute Gasteiger partial charge is 0.215 e. The maximum absolute atomic E-state index is 6.30. The summed E-state index contributed by atoms with van der Waals surface area (Å²) in [7, 11) is 0. The SMILES string of the molecule is CCc1ccc2oc(C(N)(CC)CC)nc2c1. The van der Waals surface area contributed by atoms with Gasteiger partial charge in [-0.1, -0.05) is 26.8 Å². The van der Waals surface area contributed by atoms with Crippen molar-refractivity contribution in [3.05, 3.63) is 29.7 Å². The number of hydrogen-bond acceptors (Lipinski definition) is 3. The zero-order valence-corrected chi connectivity index (χ0v) is 10.8. The summed E-state index contributed by atoms with van der Waals surface area (Å²) in [6.07, 6.45) is 2.67. The monoisotopic (exact) mass is 232 g/mol. The molecule has 0 bridgehead atoms. The van der Waals surface area contributed by atoms with Gasteiger partial charge < -0.3 is 10.2 Å². The van der Waals surface area contributed by atoms with Gasteiger partial charge in [0.05, 0.1) is 5.54 Å². The van der Waals surface area contributed by atoms with Crippen LogP contribution in [0.25, 0.3) is 11.1 Å². The Balaban J connectivity index is 2.50. The van der Waals surface area contributed by atoms with Crippen LogP contribution in [0, 0.1) is 0 Å². The van der Waals surface area contributed by atoms with Crippen LogP contribution in [-0.4, -0.2) is 4.98 Å². The van der Waals surface area contributed by atoms with Gasteiger partial charge in [0.25, 0.3) is 0 Å². The van der Waals surface area contributed by atoms with E-state index in [1.165, 1.54) is 5.56 Å². The highest BCUT2D eigenvalue weighted by Crippen LogP contribution is 2.28. The molecule has 3 nitrogen and oxygen atoms in total. The second-order valence-corrected chi connectivity index (χ2v) is 4.54. The van der Waals surface area contributed by atoms with Crippen molar-refractivity contribution in [2.24, 2.45) is 5.73 Å². The standard InChI is InChI=1S/C14H20N2O/c1-4-10-7-8-12-11(9-10)16-13(17-12)14(15,5-2)6-3/h7-9H,4-6,15H2,1-3H3. The molecule has 0 fully saturated rings. The quantitative estimate of drug-likeness (QED) is 0.879. The first-order chi connectivity index (χ1) is 8.12. The third kappa shape index (κ3) is 2.07. The van der Waals surface area contributed by atoms with E-state index in [1.807, 2.05) is 6.07 Å². The van der Waals surface area contributed by atoms with Gasteiger partial charge in [0.15, 0.2) is 5.58 Å². The minimum atomic E-state index is -0.439. The molecule has 1 heterocycles. The largest absolute Gasteiger partial charge is 0.439 e. The molecule has 2 aromatic rings.